The van der Waals surface area contributed by atoms with E-state index in [9.17, 15) is 0 Å². The van der Waals surface area contributed by atoms with Gasteiger partial charge in [0.1, 0.15) is 5.75 Å². The van der Waals surface area contributed by atoms with E-state index in [2.05, 4.69) is 17.6 Å². The Morgan fingerprint density at radius 3 is 2.79 bits per heavy atom. The van der Waals surface area contributed by atoms with Gasteiger partial charge in [0, 0.05) is 6.61 Å². The van der Waals surface area contributed by atoms with E-state index < -0.39 is 0 Å². The van der Waals surface area contributed by atoms with Gasteiger partial charge in [-0.15, -0.1) is 0 Å². The minimum atomic E-state index is 0.152. The lowest BCUT2D eigenvalue weighted by Crippen LogP contribution is -2.47. The normalized spacial score (nSPS) is 18.1. The molecule has 3 N–H and O–H groups in total. The molecule has 1 fully saturated rings. The van der Waals surface area contributed by atoms with Gasteiger partial charge in [0.25, 0.3) is 0 Å². The van der Waals surface area contributed by atoms with Crippen molar-refractivity contribution in [1.29, 1.82) is 0 Å². The first-order valence-corrected chi connectivity index (χ1v) is 6.99. The van der Waals surface area contributed by atoms with Crippen molar-refractivity contribution < 1.29 is 9.47 Å². The van der Waals surface area contributed by atoms with Crippen LogP contribution in [0.4, 0.5) is 0 Å². The molecule has 4 nitrogen and oxygen atoms in total. The van der Waals surface area contributed by atoms with Crippen molar-refractivity contribution in [3.8, 4) is 5.75 Å². The number of nitrogens with one attached hydrogen (secondary N) is 1. The summed E-state index contributed by atoms with van der Waals surface area (Å²) >= 11 is 0. The van der Waals surface area contributed by atoms with Crippen LogP contribution in [0, 0.1) is 5.92 Å². The highest BCUT2D eigenvalue weighted by Crippen LogP contribution is 2.36. The minimum Gasteiger partial charge on any atom is -0.497 e. The largest absolute Gasteiger partial charge is 0.497 e. The Balaban J connectivity index is 2.03. The molecule has 0 aliphatic heterocycles. The van der Waals surface area contributed by atoms with Gasteiger partial charge in [0.15, 0.2) is 0 Å². The average molecular weight is 264 g/mol. The van der Waals surface area contributed by atoms with E-state index in [1.54, 1.807) is 7.11 Å². The molecule has 0 heterocycles. The van der Waals surface area contributed by atoms with Crippen molar-refractivity contribution in [3.63, 3.8) is 0 Å². The van der Waals surface area contributed by atoms with Gasteiger partial charge in [-0.25, -0.2) is 0 Å². The smallest absolute Gasteiger partial charge is 0.119 e. The van der Waals surface area contributed by atoms with Gasteiger partial charge in [-0.05, 0) is 49.8 Å². The van der Waals surface area contributed by atoms with Crippen LogP contribution in [0.5, 0.6) is 5.75 Å². The molecule has 4 heteroatoms. The van der Waals surface area contributed by atoms with E-state index in [4.69, 9.17) is 15.3 Å². The molecule has 2 unspecified atom stereocenters. The Kier molecular flexibility index (Phi) is 5.19. The van der Waals surface area contributed by atoms with Crippen LogP contribution in [-0.4, -0.2) is 25.9 Å². The Hall–Kier alpha value is -1.10. The number of hydrazine groups is 1. The monoisotopic (exact) mass is 264 g/mol. The highest BCUT2D eigenvalue weighted by Gasteiger charge is 2.36. The topological polar surface area (TPSA) is 56.5 Å². The van der Waals surface area contributed by atoms with Gasteiger partial charge < -0.3 is 9.47 Å². The lowest BCUT2D eigenvalue weighted by Gasteiger charge is -2.26. The van der Waals surface area contributed by atoms with Gasteiger partial charge in [-0.3, -0.25) is 11.3 Å². The summed E-state index contributed by atoms with van der Waals surface area (Å²) in [7, 11) is 1.69. The van der Waals surface area contributed by atoms with Crippen LogP contribution in [0.15, 0.2) is 24.3 Å². The van der Waals surface area contributed by atoms with Crippen LogP contribution in [0.2, 0.25) is 0 Å². The molecule has 0 spiro atoms. The van der Waals surface area contributed by atoms with Crippen molar-refractivity contribution in [1.82, 2.24) is 5.43 Å². The van der Waals surface area contributed by atoms with Crippen molar-refractivity contribution in [2.75, 3.05) is 13.7 Å². The molecule has 1 aliphatic rings. The fraction of sp³-hybridized carbons (Fsp3) is 0.600. The Labute approximate surface area is 115 Å². The zero-order valence-corrected chi connectivity index (χ0v) is 11.8. The van der Waals surface area contributed by atoms with Gasteiger partial charge >= 0.3 is 0 Å². The maximum atomic E-state index is 5.87. The van der Waals surface area contributed by atoms with E-state index in [0.29, 0.717) is 5.92 Å². The number of nitrogens with two attached hydrogens (primary N) is 1. The summed E-state index contributed by atoms with van der Waals surface area (Å²) in [6.07, 6.45) is 3.57. The molecule has 2 atom stereocenters. The van der Waals surface area contributed by atoms with Crippen molar-refractivity contribution in [2.45, 2.75) is 38.3 Å². The fourth-order valence-corrected chi connectivity index (χ4v) is 2.52. The van der Waals surface area contributed by atoms with E-state index in [1.165, 1.54) is 18.4 Å². The number of hydrogen-bond donors (Lipinski definition) is 2. The van der Waals surface area contributed by atoms with Gasteiger partial charge in [0.2, 0.25) is 0 Å². The number of benzene rings is 1. The predicted octanol–water partition coefficient (Wildman–Crippen LogP) is 1.88. The van der Waals surface area contributed by atoms with Gasteiger partial charge in [0.05, 0.1) is 19.3 Å². The average Bonchev–Trinajstić information content (AvgIpc) is 3.27. The summed E-state index contributed by atoms with van der Waals surface area (Å²) < 4.78 is 11.1. The van der Waals surface area contributed by atoms with Crippen LogP contribution in [0.1, 0.15) is 25.3 Å². The van der Waals surface area contributed by atoms with E-state index in [0.717, 1.165) is 18.8 Å². The standard InChI is InChI=1S/C15H24N2O2/c1-3-19-15(12-7-8-12)14(17-16)10-11-5-4-6-13(9-11)18-2/h4-6,9,12,14-15,17H,3,7-8,10,16H2,1-2H3. The first-order chi connectivity index (χ1) is 9.28. The second-order valence-corrected chi connectivity index (χ2v) is 5.09. The van der Waals surface area contributed by atoms with Crippen LogP contribution in [0.25, 0.3) is 0 Å². The molecule has 106 valence electrons. The lowest BCUT2D eigenvalue weighted by molar-refractivity contribution is 0.0192. The third kappa shape index (κ3) is 3.93. The third-order valence-corrected chi connectivity index (χ3v) is 3.65. The predicted molar refractivity (Wildman–Crippen MR) is 75.9 cm³/mol. The molecule has 0 saturated heterocycles. The zero-order valence-electron chi connectivity index (χ0n) is 11.8. The Morgan fingerprint density at radius 2 is 2.21 bits per heavy atom. The third-order valence-electron chi connectivity index (χ3n) is 3.65. The highest BCUT2D eigenvalue weighted by atomic mass is 16.5. The summed E-state index contributed by atoms with van der Waals surface area (Å²) in [6, 6.07) is 8.27. The summed E-state index contributed by atoms with van der Waals surface area (Å²) in [5.41, 5.74) is 4.14. The molecule has 0 amide bonds. The van der Waals surface area contributed by atoms with Crippen LogP contribution in [-0.2, 0) is 11.2 Å². The van der Waals surface area contributed by atoms with Crippen LogP contribution >= 0.6 is 0 Å². The zero-order chi connectivity index (χ0) is 13.7. The quantitative estimate of drug-likeness (QED) is 0.556. The SMILES string of the molecule is CCOC(C1CC1)C(Cc1cccc(OC)c1)NN. The summed E-state index contributed by atoms with van der Waals surface area (Å²) in [4.78, 5) is 0. The van der Waals surface area contributed by atoms with Crippen molar-refractivity contribution >= 4 is 0 Å². The van der Waals surface area contributed by atoms with Crippen LogP contribution in [0.3, 0.4) is 0 Å². The Bertz CT molecular complexity index is 393. The van der Waals surface area contributed by atoms with E-state index in [-0.39, 0.29) is 12.1 Å². The summed E-state index contributed by atoms with van der Waals surface area (Å²) in [6.45, 7) is 2.77. The molecular formula is C15H24N2O2. The van der Waals surface area contributed by atoms with Crippen molar-refractivity contribution in [2.24, 2.45) is 11.8 Å². The molecular weight excluding hydrogens is 240 g/mol. The molecule has 1 aromatic rings. The molecule has 0 bridgehead atoms. The molecule has 0 aromatic heterocycles. The summed E-state index contributed by atoms with van der Waals surface area (Å²) in [5, 5.41) is 0. The maximum Gasteiger partial charge on any atom is 0.119 e. The summed E-state index contributed by atoms with van der Waals surface area (Å²) in [5.74, 6) is 7.27. The first-order valence-electron chi connectivity index (χ1n) is 6.99. The van der Waals surface area contributed by atoms with Crippen molar-refractivity contribution in [3.05, 3.63) is 29.8 Å². The van der Waals surface area contributed by atoms with Crippen LogP contribution < -0.4 is 16.0 Å². The highest BCUT2D eigenvalue weighted by molar-refractivity contribution is 5.29. The Morgan fingerprint density at radius 1 is 1.42 bits per heavy atom. The molecule has 19 heavy (non-hydrogen) atoms. The number of rotatable bonds is 8. The van der Waals surface area contributed by atoms with E-state index >= 15 is 0 Å². The van der Waals surface area contributed by atoms with Gasteiger partial charge in [-0.1, -0.05) is 12.1 Å². The molecule has 2 rings (SSSR count). The first kappa shape index (κ1) is 14.3. The lowest BCUT2D eigenvalue weighted by atomic mass is 9.98. The van der Waals surface area contributed by atoms with Gasteiger partial charge in [-0.2, -0.15) is 0 Å². The molecule has 1 aliphatic carbocycles. The minimum absolute atomic E-state index is 0.152. The second-order valence-electron chi connectivity index (χ2n) is 5.09. The molecule has 1 saturated carbocycles. The fourth-order valence-electron chi connectivity index (χ4n) is 2.52. The molecule has 1 aromatic carbocycles. The van der Waals surface area contributed by atoms with E-state index in [1.807, 2.05) is 19.1 Å². The molecule has 0 radical (unpaired) electrons. The second kappa shape index (κ2) is 6.89. The number of hydrogen-bond acceptors (Lipinski definition) is 4. The number of ether oxygens (including phenoxy) is 2. The number of methoxy groups -OCH3 is 1. The maximum absolute atomic E-state index is 5.87.